The van der Waals surface area contributed by atoms with Crippen LogP contribution in [0.1, 0.15) is 38.8 Å². The highest BCUT2D eigenvalue weighted by molar-refractivity contribution is 6.30. The summed E-state index contributed by atoms with van der Waals surface area (Å²) in [5, 5.41) is 12.1. The number of hydrogen-bond acceptors (Lipinski definition) is 5. The molecule has 6 heteroatoms. The number of halogens is 1. The summed E-state index contributed by atoms with van der Waals surface area (Å²) in [7, 11) is 0. The molecule has 1 heterocycles. The maximum Gasteiger partial charge on any atom is 0.178 e. The van der Waals surface area contributed by atoms with Crippen LogP contribution < -0.4 is 15.2 Å². The second-order valence-corrected chi connectivity index (χ2v) is 7.61. The predicted octanol–water partition coefficient (Wildman–Crippen LogP) is 4.15. The fourth-order valence-corrected chi connectivity index (χ4v) is 3.17. The number of benzene rings is 2. The van der Waals surface area contributed by atoms with Gasteiger partial charge in [-0.05, 0) is 64.1 Å². The Bertz CT molecular complexity index is 874. The maximum absolute atomic E-state index is 11.6. The van der Waals surface area contributed by atoms with Crippen LogP contribution in [-0.2, 0) is 5.60 Å². The van der Waals surface area contributed by atoms with Crippen molar-refractivity contribution in [1.82, 2.24) is 0 Å². The first-order chi connectivity index (χ1) is 12.1. The van der Waals surface area contributed by atoms with Gasteiger partial charge in [-0.2, -0.15) is 0 Å². The predicted molar refractivity (Wildman–Crippen MR) is 104 cm³/mol. The molecule has 138 valence electrons. The van der Waals surface area contributed by atoms with E-state index < -0.39 is 11.2 Å². The normalized spacial score (nSPS) is 19.1. The highest BCUT2D eigenvalue weighted by atomic mass is 35.5. The maximum atomic E-state index is 11.6. The van der Waals surface area contributed by atoms with Crippen molar-refractivity contribution in [1.29, 1.82) is 0 Å². The smallest absolute Gasteiger partial charge is 0.178 e. The Kier molecular flexibility index (Phi) is 4.63. The van der Waals surface area contributed by atoms with E-state index in [-0.39, 0.29) is 5.84 Å². The van der Waals surface area contributed by atoms with Gasteiger partial charge in [0.15, 0.2) is 5.60 Å². The first-order valence-electron chi connectivity index (χ1n) is 8.48. The second kappa shape index (κ2) is 6.49. The summed E-state index contributed by atoms with van der Waals surface area (Å²) in [6.45, 7) is 8.22. The number of amidine groups is 1. The van der Waals surface area contributed by atoms with Crippen molar-refractivity contribution in [3.63, 3.8) is 0 Å². The number of ether oxygens (including phenoxy) is 2. The van der Waals surface area contributed by atoms with Gasteiger partial charge in [0.1, 0.15) is 22.9 Å². The van der Waals surface area contributed by atoms with Crippen molar-refractivity contribution in [2.45, 2.75) is 38.9 Å². The zero-order chi connectivity index (χ0) is 19.1. The van der Waals surface area contributed by atoms with E-state index in [2.05, 4.69) is 4.99 Å². The Morgan fingerprint density at radius 3 is 2.54 bits per heavy atom. The molecule has 0 saturated carbocycles. The fourth-order valence-electron chi connectivity index (χ4n) is 2.99. The van der Waals surface area contributed by atoms with Crippen molar-refractivity contribution in [3.8, 4) is 11.5 Å². The van der Waals surface area contributed by atoms with E-state index in [4.69, 9.17) is 26.8 Å². The van der Waals surface area contributed by atoms with Crippen LogP contribution in [-0.4, -0.2) is 23.2 Å². The van der Waals surface area contributed by atoms with E-state index in [1.54, 1.807) is 36.4 Å². The van der Waals surface area contributed by atoms with E-state index in [0.717, 1.165) is 0 Å². The lowest BCUT2D eigenvalue weighted by Gasteiger charge is -2.30. The minimum atomic E-state index is -1.64. The molecule has 0 fully saturated rings. The molecule has 1 unspecified atom stereocenters. The number of aliphatic imine (C=N–C) groups is 1. The summed E-state index contributed by atoms with van der Waals surface area (Å²) >= 11 is 6.15. The Morgan fingerprint density at radius 1 is 1.15 bits per heavy atom. The lowest BCUT2D eigenvalue weighted by molar-refractivity contribution is 0.112. The minimum absolute atomic E-state index is 0.0715. The van der Waals surface area contributed by atoms with Crippen LogP contribution in [0.4, 0.5) is 5.69 Å². The Labute approximate surface area is 158 Å². The average Bonchev–Trinajstić information content (AvgIpc) is 2.80. The molecule has 0 spiro atoms. The van der Waals surface area contributed by atoms with Crippen molar-refractivity contribution in [3.05, 3.63) is 52.5 Å². The van der Waals surface area contributed by atoms with E-state index in [9.17, 15) is 5.11 Å². The molecule has 0 saturated heterocycles. The van der Waals surface area contributed by atoms with Gasteiger partial charge in [0, 0.05) is 16.1 Å². The Balaban J connectivity index is 2.22. The molecule has 2 aromatic carbocycles. The summed E-state index contributed by atoms with van der Waals surface area (Å²) in [4.78, 5) is 4.33. The van der Waals surface area contributed by atoms with Crippen molar-refractivity contribution in [2.24, 2.45) is 10.7 Å². The molecule has 0 bridgehead atoms. The molecule has 1 aliphatic heterocycles. The highest BCUT2D eigenvalue weighted by Gasteiger charge is 2.45. The first kappa shape index (κ1) is 18.5. The van der Waals surface area contributed by atoms with Gasteiger partial charge in [0.2, 0.25) is 0 Å². The van der Waals surface area contributed by atoms with Gasteiger partial charge in [-0.25, -0.2) is 4.99 Å². The lowest BCUT2D eigenvalue weighted by Crippen LogP contribution is -2.40. The third kappa shape index (κ3) is 3.24. The molecule has 2 aromatic rings. The van der Waals surface area contributed by atoms with Gasteiger partial charge < -0.3 is 20.3 Å². The fraction of sp³-hybridized carbons (Fsp3) is 0.350. The third-order valence-electron chi connectivity index (χ3n) is 4.03. The summed E-state index contributed by atoms with van der Waals surface area (Å²) in [6, 6.07) is 10.4. The van der Waals surface area contributed by atoms with Crippen molar-refractivity contribution < 1.29 is 14.6 Å². The molecule has 26 heavy (non-hydrogen) atoms. The van der Waals surface area contributed by atoms with Crippen LogP contribution in [0, 0.1) is 0 Å². The molecule has 0 amide bonds. The van der Waals surface area contributed by atoms with Crippen molar-refractivity contribution in [2.75, 3.05) is 6.61 Å². The molecule has 0 aromatic heterocycles. The quantitative estimate of drug-likeness (QED) is 0.842. The summed E-state index contributed by atoms with van der Waals surface area (Å²) in [6.07, 6.45) is 0. The van der Waals surface area contributed by atoms with Crippen LogP contribution in [0.3, 0.4) is 0 Å². The molecule has 1 atom stereocenters. The monoisotopic (exact) mass is 374 g/mol. The highest BCUT2D eigenvalue weighted by Crippen LogP contribution is 2.47. The second-order valence-electron chi connectivity index (χ2n) is 7.17. The lowest BCUT2D eigenvalue weighted by atomic mass is 9.85. The number of rotatable bonds is 4. The largest absolute Gasteiger partial charge is 0.494 e. The standard InChI is InChI=1S/C20H23ClN2O3/c1-5-25-13-7-9-17(26-19(2,3)4)15(11-13)20(24)14-10-12(21)6-8-16(14)23-18(20)22/h6-11,24H,5H2,1-4H3,(H2,22,23). The van der Waals surface area contributed by atoms with Crippen LogP contribution in [0.25, 0.3) is 0 Å². The zero-order valence-electron chi connectivity index (χ0n) is 15.3. The first-order valence-corrected chi connectivity index (χ1v) is 8.86. The molecule has 3 N–H and O–H groups in total. The Morgan fingerprint density at radius 2 is 1.88 bits per heavy atom. The molecule has 0 radical (unpaired) electrons. The minimum Gasteiger partial charge on any atom is -0.494 e. The molecule has 3 rings (SSSR count). The van der Waals surface area contributed by atoms with Crippen molar-refractivity contribution >= 4 is 23.1 Å². The number of hydrogen-bond donors (Lipinski definition) is 2. The third-order valence-corrected chi connectivity index (χ3v) is 4.26. The van der Waals surface area contributed by atoms with Crippen LogP contribution >= 0.6 is 11.6 Å². The van der Waals surface area contributed by atoms with E-state index >= 15 is 0 Å². The topological polar surface area (TPSA) is 77.1 Å². The van der Waals surface area contributed by atoms with E-state index in [1.807, 2.05) is 27.7 Å². The molecule has 0 aliphatic carbocycles. The van der Waals surface area contributed by atoms with Gasteiger partial charge in [-0.15, -0.1) is 0 Å². The molecule has 1 aliphatic rings. The SMILES string of the molecule is CCOc1ccc(OC(C)(C)C)c(C2(O)C(N)=Nc3ccc(Cl)cc32)c1. The number of fused-ring (bicyclic) bond motifs is 1. The van der Waals surface area contributed by atoms with Gasteiger partial charge in [-0.3, -0.25) is 0 Å². The molecule has 5 nitrogen and oxygen atoms in total. The average molecular weight is 375 g/mol. The van der Waals surface area contributed by atoms with Gasteiger partial charge in [0.25, 0.3) is 0 Å². The number of aliphatic hydroxyl groups is 1. The van der Waals surface area contributed by atoms with E-state index in [0.29, 0.717) is 39.9 Å². The number of nitrogens with zero attached hydrogens (tertiary/aromatic N) is 1. The summed E-state index contributed by atoms with van der Waals surface area (Å²) < 4.78 is 11.7. The Hall–Kier alpha value is -2.24. The molecular formula is C20H23ClN2O3. The number of nitrogens with two attached hydrogens (primary N) is 1. The van der Waals surface area contributed by atoms with Crippen LogP contribution in [0.15, 0.2) is 41.4 Å². The van der Waals surface area contributed by atoms with Gasteiger partial charge >= 0.3 is 0 Å². The van der Waals surface area contributed by atoms with Gasteiger partial charge in [0.05, 0.1) is 12.3 Å². The van der Waals surface area contributed by atoms with Gasteiger partial charge in [-0.1, -0.05) is 11.6 Å². The molecular weight excluding hydrogens is 352 g/mol. The zero-order valence-corrected chi connectivity index (χ0v) is 16.1. The van der Waals surface area contributed by atoms with E-state index in [1.165, 1.54) is 0 Å². The van der Waals surface area contributed by atoms with Crippen LogP contribution in [0.5, 0.6) is 11.5 Å². The summed E-state index contributed by atoms with van der Waals surface area (Å²) in [5.74, 6) is 1.19. The summed E-state index contributed by atoms with van der Waals surface area (Å²) in [5.41, 5.74) is 5.64. The van der Waals surface area contributed by atoms with Crippen LogP contribution in [0.2, 0.25) is 5.02 Å².